The van der Waals surface area contributed by atoms with Gasteiger partial charge in [0.1, 0.15) is 5.69 Å². The third-order valence-electron chi connectivity index (χ3n) is 2.92. The van der Waals surface area contributed by atoms with E-state index in [0.717, 1.165) is 13.0 Å². The number of rotatable bonds is 5. The molecule has 0 radical (unpaired) electrons. The summed E-state index contributed by atoms with van der Waals surface area (Å²) in [7, 11) is 1.71. The van der Waals surface area contributed by atoms with Crippen LogP contribution in [-0.4, -0.2) is 31.8 Å². The van der Waals surface area contributed by atoms with Crippen molar-refractivity contribution in [2.24, 2.45) is 7.05 Å². The topological polar surface area (TPSA) is 90.8 Å². The van der Waals surface area contributed by atoms with Crippen LogP contribution < -0.4 is 11.1 Å². The Kier molecular flexibility index (Phi) is 3.84. The highest BCUT2D eigenvalue weighted by Crippen LogP contribution is 2.14. The van der Waals surface area contributed by atoms with Crippen molar-refractivity contribution in [3.63, 3.8) is 0 Å². The molecule has 0 unspecified atom stereocenters. The zero-order valence-electron chi connectivity index (χ0n) is 11.1. The first-order valence-corrected chi connectivity index (χ1v) is 6.12. The predicted molar refractivity (Wildman–Crippen MR) is 71.5 cm³/mol. The zero-order valence-corrected chi connectivity index (χ0v) is 11.1. The molecular weight excluding hydrogens is 244 g/mol. The van der Waals surface area contributed by atoms with E-state index in [2.05, 4.69) is 15.4 Å². The van der Waals surface area contributed by atoms with E-state index in [4.69, 9.17) is 5.73 Å². The lowest BCUT2D eigenvalue weighted by molar-refractivity contribution is 0.0944. The number of nitrogens with one attached hydrogen (secondary N) is 1. The minimum Gasteiger partial charge on any atom is -0.395 e. The summed E-state index contributed by atoms with van der Waals surface area (Å²) in [4.78, 5) is 15.9. The smallest absolute Gasteiger partial charge is 0.271 e. The normalized spacial score (nSPS) is 10.6. The van der Waals surface area contributed by atoms with Gasteiger partial charge in [-0.3, -0.25) is 9.48 Å². The number of aromatic nitrogens is 4. The van der Waals surface area contributed by atoms with Crippen LogP contribution in [0.4, 0.5) is 5.69 Å². The van der Waals surface area contributed by atoms with Crippen molar-refractivity contribution in [1.82, 2.24) is 24.6 Å². The highest BCUT2D eigenvalue weighted by Gasteiger charge is 2.17. The summed E-state index contributed by atoms with van der Waals surface area (Å²) < 4.78 is 3.48. The molecule has 2 rings (SSSR count). The molecule has 2 aromatic rings. The molecule has 7 nitrogen and oxygen atoms in total. The number of aryl methyl sites for hydroxylation is 3. The number of imidazole rings is 1. The lowest BCUT2D eigenvalue weighted by Gasteiger charge is -2.06. The second-order valence-corrected chi connectivity index (χ2v) is 4.38. The van der Waals surface area contributed by atoms with Crippen LogP contribution in [-0.2, 0) is 13.6 Å². The van der Waals surface area contributed by atoms with Crippen LogP contribution in [0.15, 0.2) is 18.7 Å². The minimum absolute atomic E-state index is 0.189. The second kappa shape index (κ2) is 5.55. The summed E-state index contributed by atoms with van der Waals surface area (Å²) in [6.07, 6.45) is 6.21. The molecular formula is C12H18N6O. The van der Waals surface area contributed by atoms with Gasteiger partial charge in [0.15, 0.2) is 0 Å². The van der Waals surface area contributed by atoms with Crippen molar-refractivity contribution in [3.05, 3.63) is 30.1 Å². The van der Waals surface area contributed by atoms with Crippen molar-refractivity contribution in [2.45, 2.75) is 19.9 Å². The van der Waals surface area contributed by atoms with E-state index in [1.54, 1.807) is 26.5 Å². The maximum absolute atomic E-state index is 12.0. The van der Waals surface area contributed by atoms with Gasteiger partial charge in [0.25, 0.3) is 5.91 Å². The Labute approximate surface area is 111 Å². The van der Waals surface area contributed by atoms with Crippen molar-refractivity contribution in [3.8, 4) is 0 Å². The van der Waals surface area contributed by atoms with E-state index < -0.39 is 0 Å². The number of carbonyl (C=O) groups is 1. The molecule has 0 aliphatic rings. The van der Waals surface area contributed by atoms with E-state index in [0.29, 0.717) is 23.6 Å². The Hall–Kier alpha value is -2.31. The number of anilines is 1. The summed E-state index contributed by atoms with van der Waals surface area (Å²) in [5.74, 6) is -0.189. The van der Waals surface area contributed by atoms with Gasteiger partial charge in [-0.15, -0.1) is 0 Å². The Morgan fingerprint density at radius 3 is 2.89 bits per heavy atom. The average molecular weight is 262 g/mol. The third-order valence-corrected chi connectivity index (χ3v) is 2.92. The van der Waals surface area contributed by atoms with Crippen LogP contribution in [0.3, 0.4) is 0 Å². The van der Waals surface area contributed by atoms with Gasteiger partial charge >= 0.3 is 0 Å². The van der Waals surface area contributed by atoms with Gasteiger partial charge in [-0.1, -0.05) is 0 Å². The molecule has 0 saturated heterocycles. The average Bonchev–Trinajstić information content (AvgIpc) is 2.95. The van der Waals surface area contributed by atoms with Crippen molar-refractivity contribution in [2.75, 3.05) is 12.3 Å². The van der Waals surface area contributed by atoms with Crippen LogP contribution in [0, 0.1) is 6.92 Å². The Balaban J connectivity index is 1.84. The van der Waals surface area contributed by atoms with Crippen molar-refractivity contribution < 1.29 is 4.79 Å². The number of nitrogen functional groups attached to an aromatic ring is 1. The molecule has 0 atom stereocenters. The molecule has 0 spiro atoms. The molecule has 7 heteroatoms. The summed E-state index contributed by atoms with van der Waals surface area (Å²) in [6, 6.07) is 0. The van der Waals surface area contributed by atoms with Crippen LogP contribution >= 0.6 is 0 Å². The highest BCUT2D eigenvalue weighted by atomic mass is 16.2. The molecule has 102 valence electrons. The Morgan fingerprint density at radius 2 is 2.32 bits per heavy atom. The van der Waals surface area contributed by atoms with Gasteiger partial charge in [0.2, 0.25) is 0 Å². The second-order valence-electron chi connectivity index (χ2n) is 4.38. The first kappa shape index (κ1) is 13.1. The summed E-state index contributed by atoms with van der Waals surface area (Å²) >= 11 is 0. The Bertz CT molecular complexity index is 557. The molecule has 0 bridgehead atoms. The predicted octanol–water partition coefficient (Wildman–Crippen LogP) is 0.327. The monoisotopic (exact) mass is 262 g/mol. The lowest BCUT2D eigenvalue weighted by atomic mass is 10.3. The molecule has 1 amide bonds. The number of hydrogen-bond acceptors (Lipinski definition) is 4. The first-order chi connectivity index (χ1) is 9.09. The summed E-state index contributed by atoms with van der Waals surface area (Å²) in [5.41, 5.74) is 7.36. The standard InChI is InChI=1S/C12H18N6O/c1-9-10(13)11(17(2)16-9)12(19)15-4-3-6-18-7-5-14-8-18/h5,7-8H,3-4,6,13H2,1-2H3,(H,15,19). The third kappa shape index (κ3) is 2.93. The number of nitrogens with zero attached hydrogens (tertiary/aromatic N) is 4. The molecule has 2 heterocycles. The zero-order chi connectivity index (χ0) is 13.8. The molecule has 0 aliphatic carbocycles. The molecule has 0 saturated carbocycles. The Morgan fingerprint density at radius 1 is 1.53 bits per heavy atom. The van der Waals surface area contributed by atoms with Gasteiger partial charge < -0.3 is 15.6 Å². The van der Waals surface area contributed by atoms with Crippen LogP contribution in [0.2, 0.25) is 0 Å². The van der Waals surface area contributed by atoms with Gasteiger partial charge in [0.05, 0.1) is 17.7 Å². The fourth-order valence-electron chi connectivity index (χ4n) is 1.91. The molecule has 0 aromatic carbocycles. The number of nitrogens with two attached hydrogens (primary N) is 1. The molecule has 3 N–H and O–H groups in total. The minimum atomic E-state index is -0.189. The van der Waals surface area contributed by atoms with Crippen molar-refractivity contribution >= 4 is 11.6 Å². The maximum Gasteiger partial charge on any atom is 0.271 e. The number of amides is 1. The molecule has 0 aliphatic heterocycles. The van der Waals surface area contributed by atoms with Gasteiger partial charge in [0, 0.05) is 32.5 Å². The quantitative estimate of drug-likeness (QED) is 0.760. The van der Waals surface area contributed by atoms with E-state index in [-0.39, 0.29) is 5.91 Å². The van der Waals surface area contributed by atoms with E-state index >= 15 is 0 Å². The molecule has 0 fully saturated rings. The number of carbonyl (C=O) groups excluding carboxylic acids is 1. The van der Waals surface area contributed by atoms with Gasteiger partial charge in [-0.25, -0.2) is 4.98 Å². The first-order valence-electron chi connectivity index (χ1n) is 6.12. The number of hydrogen-bond donors (Lipinski definition) is 2. The fraction of sp³-hybridized carbons (Fsp3) is 0.417. The van der Waals surface area contributed by atoms with Crippen LogP contribution in [0.5, 0.6) is 0 Å². The van der Waals surface area contributed by atoms with Gasteiger partial charge in [-0.2, -0.15) is 5.10 Å². The summed E-state index contributed by atoms with van der Waals surface area (Å²) in [6.45, 7) is 3.19. The van der Waals surface area contributed by atoms with E-state index in [1.165, 1.54) is 4.68 Å². The lowest BCUT2D eigenvalue weighted by Crippen LogP contribution is -2.28. The largest absolute Gasteiger partial charge is 0.395 e. The summed E-state index contributed by atoms with van der Waals surface area (Å²) in [5, 5.41) is 6.96. The maximum atomic E-state index is 12.0. The van der Waals surface area contributed by atoms with E-state index in [1.807, 2.05) is 10.8 Å². The SMILES string of the molecule is Cc1nn(C)c(C(=O)NCCCn2ccnc2)c1N. The molecule has 19 heavy (non-hydrogen) atoms. The van der Waals surface area contributed by atoms with Crippen LogP contribution in [0.1, 0.15) is 22.6 Å². The fourth-order valence-corrected chi connectivity index (χ4v) is 1.91. The molecule has 2 aromatic heterocycles. The van der Waals surface area contributed by atoms with Crippen molar-refractivity contribution in [1.29, 1.82) is 0 Å². The highest BCUT2D eigenvalue weighted by molar-refractivity contribution is 5.97. The van der Waals surface area contributed by atoms with E-state index in [9.17, 15) is 4.79 Å². The van der Waals surface area contributed by atoms with Crippen LogP contribution in [0.25, 0.3) is 0 Å². The van der Waals surface area contributed by atoms with Gasteiger partial charge in [-0.05, 0) is 13.3 Å².